The Kier molecular flexibility index (Phi) is 3.48. The predicted octanol–water partition coefficient (Wildman–Crippen LogP) is 2.29. The van der Waals surface area contributed by atoms with Crippen LogP contribution in [0.25, 0.3) is 11.0 Å². The highest BCUT2D eigenvalue weighted by molar-refractivity contribution is 5.76. The third-order valence-electron chi connectivity index (χ3n) is 3.37. The Morgan fingerprint density at radius 1 is 1.20 bits per heavy atom. The molecule has 4 nitrogen and oxygen atoms in total. The maximum absolute atomic E-state index is 5.70. The summed E-state index contributed by atoms with van der Waals surface area (Å²) >= 11 is 0. The molecule has 2 N–H and O–H groups in total. The molecule has 0 radical (unpaired) electrons. The van der Waals surface area contributed by atoms with Gasteiger partial charge in [-0.05, 0) is 36.7 Å². The third kappa shape index (κ3) is 2.42. The van der Waals surface area contributed by atoms with Crippen LogP contribution >= 0.6 is 0 Å². The van der Waals surface area contributed by atoms with Gasteiger partial charge in [-0.3, -0.25) is 4.98 Å². The summed E-state index contributed by atoms with van der Waals surface area (Å²) in [5.41, 5.74) is 10.2. The molecule has 4 heteroatoms. The Hall–Kier alpha value is -2.20. The van der Waals surface area contributed by atoms with E-state index in [0.717, 1.165) is 29.8 Å². The number of imidazole rings is 1. The minimum Gasteiger partial charge on any atom is -0.330 e. The van der Waals surface area contributed by atoms with E-state index in [1.54, 1.807) is 0 Å². The average molecular weight is 266 g/mol. The normalized spacial score (nSPS) is 11.1. The number of benzene rings is 1. The fourth-order valence-corrected chi connectivity index (χ4v) is 2.51. The smallest absolute Gasteiger partial charge is 0.111 e. The number of nitrogens with zero attached hydrogens (tertiary/aromatic N) is 3. The van der Waals surface area contributed by atoms with Crippen LogP contribution in [0, 0.1) is 6.92 Å². The summed E-state index contributed by atoms with van der Waals surface area (Å²) < 4.78 is 2.23. The van der Waals surface area contributed by atoms with Gasteiger partial charge in [0, 0.05) is 18.8 Å². The number of hydrogen-bond acceptors (Lipinski definition) is 3. The van der Waals surface area contributed by atoms with Crippen molar-refractivity contribution in [2.24, 2.45) is 5.73 Å². The van der Waals surface area contributed by atoms with Crippen molar-refractivity contribution in [2.45, 2.75) is 19.9 Å². The van der Waals surface area contributed by atoms with Crippen LogP contribution in [0.1, 0.15) is 17.0 Å². The number of para-hydroxylation sites is 2. The highest BCUT2D eigenvalue weighted by Gasteiger charge is 2.10. The topological polar surface area (TPSA) is 56.7 Å². The quantitative estimate of drug-likeness (QED) is 0.788. The molecule has 3 rings (SSSR count). The first-order valence-electron chi connectivity index (χ1n) is 6.82. The van der Waals surface area contributed by atoms with Crippen molar-refractivity contribution >= 4 is 11.0 Å². The molecule has 0 amide bonds. The number of nitrogens with two attached hydrogens (primary N) is 1. The van der Waals surface area contributed by atoms with Crippen LogP contribution in [0.15, 0.2) is 42.7 Å². The highest BCUT2D eigenvalue weighted by Crippen LogP contribution is 2.18. The van der Waals surface area contributed by atoms with E-state index >= 15 is 0 Å². The zero-order chi connectivity index (χ0) is 13.9. The molecule has 2 aromatic heterocycles. The standard InChI is InChI=1S/C16H18N4/c1-12-8-13(10-18-9-12)11-20-15-5-3-2-4-14(15)19-16(20)6-7-17/h2-5,8-10H,6-7,11,17H2,1H3. The van der Waals surface area contributed by atoms with Crippen molar-refractivity contribution in [1.82, 2.24) is 14.5 Å². The zero-order valence-electron chi connectivity index (χ0n) is 11.6. The molecule has 0 aliphatic carbocycles. The molecule has 20 heavy (non-hydrogen) atoms. The van der Waals surface area contributed by atoms with E-state index in [9.17, 15) is 0 Å². The lowest BCUT2D eigenvalue weighted by Crippen LogP contribution is -2.11. The number of pyridine rings is 1. The second kappa shape index (κ2) is 5.43. The fourth-order valence-electron chi connectivity index (χ4n) is 2.51. The molecule has 2 heterocycles. The first-order valence-corrected chi connectivity index (χ1v) is 6.82. The Balaban J connectivity index is 2.06. The summed E-state index contributed by atoms with van der Waals surface area (Å²) in [7, 11) is 0. The molecule has 0 unspecified atom stereocenters. The lowest BCUT2D eigenvalue weighted by atomic mass is 10.2. The van der Waals surface area contributed by atoms with E-state index in [0.29, 0.717) is 6.54 Å². The van der Waals surface area contributed by atoms with Crippen LogP contribution in [0.5, 0.6) is 0 Å². The minimum absolute atomic E-state index is 0.607. The summed E-state index contributed by atoms with van der Waals surface area (Å²) in [6.45, 7) is 3.45. The van der Waals surface area contributed by atoms with Gasteiger partial charge in [0.1, 0.15) is 5.82 Å². The van der Waals surface area contributed by atoms with Crippen LogP contribution in [-0.2, 0) is 13.0 Å². The molecule has 0 atom stereocenters. The molecule has 0 spiro atoms. The lowest BCUT2D eigenvalue weighted by molar-refractivity contribution is 0.732. The molecule has 3 aromatic rings. The van der Waals surface area contributed by atoms with Crippen LogP contribution < -0.4 is 5.73 Å². The van der Waals surface area contributed by atoms with E-state index in [2.05, 4.69) is 33.6 Å². The first-order chi connectivity index (χ1) is 9.78. The summed E-state index contributed by atoms with van der Waals surface area (Å²) in [6.07, 6.45) is 4.57. The van der Waals surface area contributed by atoms with Gasteiger partial charge in [0.2, 0.25) is 0 Å². The zero-order valence-corrected chi connectivity index (χ0v) is 11.6. The second-order valence-electron chi connectivity index (χ2n) is 5.01. The van der Waals surface area contributed by atoms with Gasteiger partial charge in [-0.25, -0.2) is 4.98 Å². The molecule has 0 saturated heterocycles. The van der Waals surface area contributed by atoms with Crippen molar-refractivity contribution in [3.05, 3.63) is 59.7 Å². The van der Waals surface area contributed by atoms with Crippen molar-refractivity contribution < 1.29 is 0 Å². The van der Waals surface area contributed by atoms with Crippen LogP contribution in [0.3, 0.4) is 0 Å². The van der Waals surface area contributed by atoms with E-state index < -0.39 is 0 Å². The van der Waals surface area contributed by atoms with Gasteiger partial charge in [0.15, 0.2) is 0 Å². The van der Waals surface area contributed by atoms with Crippen molar-refractivity contribution in [3.8, 4) is 0 Å². The average Bonchev–Trinajstić information content (AvgIpc) is 2.78. The fraction of sp³-hybridized carbons (Fsp3) is 0.250. The lowest BCUT2D eigenvalue weighted by Gasteiger charge is -2.09. The number of hydrogen-bond donors (Lipinski definition) is 1. The molecule has 0 aliphatic rings. The van der Waals surface area contributed by atoms with Crippen LogP contribution in [0.4, 0.5) is 0 Å². The molecule has 0 fully saturated rings. The SMILES string of the molecule is Cc1cncc(Cn2c(CCN)nc3ccccc32)c1. The molecule has 1 aromatic carbocycles. The van der Waals surface area contributed by atoms with Crippen molar-refractivity contribution in [2.75, 3.05) is 6.54 Å². The summed E-state index contributed by atoms with van der Waals surface area (Å²) in [4.78, 5) is 8.95. The number of aryl methyl sites for hydroxylation is 1. The van der Waals surface area contributed by atoms with Gasteiger partial charge in [-0.1, -0.05) is 18.2 Å². The maximum Gasteiger partial charge on any atom is 0.111 e. The summed E-state index contributed by atoms with van der Waals surface area (Å²) in [5, 5.41) is 0. The van der Waals surface area contributed by atoms with E-state index in [4.69, 9.17) is 5.73 Å². The Bertz CT molecular complexity index is 730. The Morgan fingerprint density at radius 2 is 2.05 bits per heavy atom. The summed E-state index contributed by atoms with van der Waals surface area (Å²) in [5.74, 6) is 1.04. The van der Waals surface area contributed by atoms with Gasteiger partial charge in [-0.2, -0.15) is 0 Å². The number of rotatable bonds is 4. The molecular weight excluding hydrogens is 248 g/mol. The predicted molar refractivity (Wildman–Crippen MR) is 80.6 cm³/mol. The molecule has 0 aliphatic heterocycles. The van der Waals surface area contributed by atoms with E-state index in [-0.39, 0.29) is 0 Å². The van der Waals surface area contributed by atoms with Gasteiger partial charge in [0.05, 0.1) is 17.6 Å². The highest BCUT2D eigenvalue weighted by atomic mass is 15.1. The Morgan fingerprint density at radius 3 is 2.85 bits per heavy atom. The molecule has 102 valence electrons. The number of fused-ring (bicyclic) bond motifs is 1. The largest absolute Gasteiger partial charge is 0.330 e. The molecule has 0 bridgehead atoms. The molecular formula is C16H18N4. The van der Waals surface area contributed by atoms with Gasteiger partial charge in [-0.15, -0.1) is 0 Å². The van der Waals surface area contributed by atoms with Crippen LogP contribution in [0.2, 0.25) is 0 Å². The first kappa shape index (κ1) is 12.8. The van der Waals surface area contributed by atoms with Crippen molar-refractivity contribution in [3.63, 3.8) is 0 Å². The maximum atomic E-state index is 5.70. The monoisotopic (exact) mass is 266 g/mol. The minimum atomic E-state index is 0.607. The second-order valence-corrected chi connectivity index (χ2v) is 5.01. The number of aromatic nitrogens is 3. The van der Waals surface area contributed by atoms with E-state index in [1.807, 2.05) is 30.6 Å². The van der Waals surface area contributed by atoms with Gasteiger partial charge < -0.3 is 10.3 Å². The molecule has 0 saturated carbocycles. The van der Waals surface area contributed by atoms with Crippen LogP contribution in [-0.4, -0.2) is 21.1 Å². The van der Waals surface area contributed by atoms with Crippen molar-refractivity contribution in [1.29, 1.82) is 0 Å². The van der Waals surface area contributed by atoms with E-state index in [1.165, 1.54) is 11.1 Å². The third-order valence-corrected chi connectivity index (χ3v) is 3.37. The summed E-state index contributed by atoms with van der Waals surface area (Å²) in [6, 6.07) is 10.4. The Labute approximate surface area is 118 Å². The van der Waals surface area contributed by atoms with Gasteiger partial charge >= 0.3 is 0 Å². The van der Waals surface area contributed by atoms with Gasteiger partial charge in [0.25, 0.3) is 0 Å².